The molecule has 1 aliphatic rings. The number of carbonyl (C=O) groups excluding carboxylic acids is 2. The molecule has 0 aliphatic carbocycles. The van der Waals surface area contributed by atoms with Crippen molar-refractivity contribution in [2.45, 2.75) is 19.3 Å². The molecule has 0 fully saturated rings. The van der Waals surface area contributed by atoms with E-state index in [1.807, 2.05) is 25.1 Å². The van der Waals surface area contributed by atoms with Crippen LogP contribution in [0.15, 0.2) is 53.3 Å². The molecule has 3 aromatic rings. The number of ether oxygens (including phenoxy) is 1. The molecule has 4 N–H and O–H groups in total. The Bertz CT molecular complexity index is 1220. The maximum absolute atomic E-state index is 12.9. The van der Waals surface area contributed by atoms with Gasteiger partial charge in [0.05, 0.1) is 24.3 Å². The third-order valence-corrected chi connectivity index (χ3v) is 5.03. The number of benzene rings is 2. The van der Waals surface area contributed by atoms with E-state index in [9.17, 15) is 14.4 Å². The van der Waals surface area contributed by atoms with Crippen molar-refractivity contribution in [2.24, 2.45) is 0 Å². The second-order valence-electron chi connectivity index (χ2n) is 7.11. The molecular weight excluding hydrogens is 398 g/mol. The fourth-order valence-corrected chi connectivity index (χ4v) is 3.46. The molecule has 158 valence electrons. The van der Waals surface area contributed by atoms with Crippen LogP contribution in [-0.2, 0) is 9.59 Å². The highest BCUT2D eigenvalue weighted by Gasteiger charge is 2.35. The first-order valence-electron chi connectivity index (χ1n) is 9.67. The smallest absolute Gasteiger partial charge is 0.258 e. The molecule has 0 saturated heterocycles. The molecule has 0 bridgehead atoms. The normalized spacial score (nSPS) is 14.9. The average molecular weight is 419 g/mol. The van der Waals surface area contributed by atoms with E-state index in [0.717, 1.165) is 5.56 Å². The van der Waals surface area contributed by atoms with E-state index in [0.29, 0.717) is 17.1 Å². The highest BCUT2D eigenvalue weighted by molar-refractivity contribution is 6.04. The van der Waals surface area contributed by atoms with Gasteiger partial charge in [-0.2, -0.15) is 4.98 Å². The van der Waals surface area contributed by atoms with Crippen molar-refractivity contribution >= 4 is 35.0 Å². The number of fused-ring (bicyclic) bond motifs is 1. The lowest BCUT2D eigenvalue weighted by Crippen LogP contribution is -2.36. The predicted molar refractivity (Wildman–Crippen MR) is 117 cm³/mol. The van der Waals surface area contributed by atoms with Gasteiger partial charge in [0.15, 0.2) is 0 Å². The zero-order valence-electron chi connectivity index (χ0n) is 17.0. The fraction of sp³-hybridized carbons (Fsp3) is 0.182. The number of rotatable bonds is 5. The molecule has 0 saturated carbocycles. The standard InChI is InChI=1S/C22H21N5O4/c1-12-7-3-4-8-14(12)23-20(29)13-11-17(28)25-19-18(13)21(30)27-22(26-19)24-15-9-5-6-10-16(15)31-2/h3-10,13H,11H2,1-2H3,(H,23,29)(H3,24,25,26,27,28,30). The number of aryl methyl sites for hydroxylation is 1. The summed E-state index contributed by atoms with van der Waals surface area (Å²) >= 11 is 0. The molecule has 1 aromatic heterocycles. The van der Waals surface area contributed by atoms with Crippen LogP contribution in [0.4, 0.5) is 23.1 Å². The third-order valence-electron chi connectivity index (χ3n) is 5.03. The number of aromatic nitrogens is 2. The number of hydrogen-bond acceptors (Lipinski definition) is 6. The molecule has 9 nitrogen and oxygen atoms in total. The summed E-state index contributed by atoms with van der Waals surface area (Å²) in [5, 5.41) is 8.38. The van der Waals surface area contributed by atoms with E-state index in [-0.39, 0.29) is 23.8 Å². The Kier molecular flexibility index (Phi) is 5.40. The molecule has 0 spiro atoms. The number of aromatic amines is 1. The maximum atomic E-state index is 12.9. The molecular formula is C22H21N5O4. The molecule has 2 aromatic carbocycles. The minimum Gasteiger partial charge on any atom is -0.495 e. The first-order chi connectivity index (χ1) is 15.0. The van der Waals surface area contributed by atoms with Gasteiger partial charge in [0.1, 0.15) is 11.6 Å². The molecule has 9 heteroatoms. The van der Waals surface area contributed by atoms with Crippen molar-refractivity contribution in [3.05, 3.63) is 70.0 Å². The molecule has 2 heterocycles. The van der Waals surface area contributed by atoms with Gasteiger partial charge >= 0.3 is 0 Å². The highest BCUT2D eigenvalue weighted by atomic mass is 16.5. The van der Waals surface area contributed by atoms with Crippen LogP contribution in [0, 0.1) is 6.92 Å². The van der Waals surface area contributed by atoms with Crippen LogP contribution in [-0.4, -0.2) is 28.9 Å². The average Bonchev–Trinajstić information content (AvgIpc) is 2.74. The summed E-state index contributed by atoms with van der Waals surface area (Å²) in [4.78, 5) is 45.0. The number of H-pyrrole nitrogens is 1. The van der Waals surface area contributed by atoms with Crippen molar-refractivity contribution in [2.75, 3.05) is 23.1 Å². The van der Waals surface area contributed by atoms with Crippen molar-refractivity contribution in [1.29, 1.82) is 0 Å². The Morgan fingerprint density at radius 2 is 1.81 bits per heavy atom. The fourth-order valence-electron chi connectivity index (χ4n) is 3.46. The molecule has 1 aliphatic heterocycles. The Morgan fingerprint density at radius 3 is 2.55 bits per heavy atom. The Labute approximate surface area is 177 Å². The summed E-state index contributed by atoms with van der Waals surface area (Å²) in [6.07, 6.45) is -0.144. The highest BCUT2D eigenvalue weighted by Crippen LogP contribution is 2.31. The minimum atomic E-state index is -0.958. The van der Waals surface area contributed by atoms with Gasteiger partial charge in [-0.15, -0.1) is 0 Å². The number of anilines is 4. The quantitative estimate of drug-likeness (QED) is 0.504. The number of nitrogens with zero attached hydrogens (tertiary/aromatic N) is 1. The van der Waals surface area contributed by atoms with Crippen molar-refractivity contribution < 1.29 is 14.3 Å². The van der Waals surface area contributed by atoms with E-state index < -0.39 is 23.3 Å². The Hall–Kier alpha value is -4.14. The van der Waals surface area contributed by atoms with Gasteiger partial charge in [0.2, 0.25) is 17.8 Å². The lowest BCUT2D eigenvalue weighted by Gasteiger charge is -2.24. The SMILES string of the molecule is COc1ccccc1Nc1nc2c(c(=O)[nH]1)C(C(=O)Nc1ccccc1C)CC(=O)N2. The van der Waals surface area contributed by atoms with Crippen LogP contribution in [0.25, 0.3) is 0 Å². The lowest BCUT2D eigenvalue weighted by atomic mass is 9.92. The monoisotopic (exact) mass is 419 g/mol. The number of nitrogens with one attached hydrogen (secondary N) is 4. The van der Waals surface area contributed by atoms with Crippen LogP contribution in [0.1, 0.15) is 23.5 Å². The summed E-state index contributed by atoms with van der Waals surface area (Å²) < 4.78 is 5.29. The van der Waals surface area contributed by atoms with Crippen molar-refractivity contribution in [3.63, 3.8) is 0 Å². The summed E-state index contributed by atoms with van der Waals surface area (Å²) in [5.74, 6) is -1.06. The zero-order chi connectivity index (χ0) is 22.0. The van der Waals surface area contributed by atoms with Gasteiger partial charge in [0.25, 0.3) is 5.56 Å². The van der Waals surface area contributed by atoms with Gasteiger partial charge in [-0.25, -0.2) is 0 Å². The van der Waals surface area contributed by atoms with Crippen LogP contribution in [0.5, 0.6) is 5.75 Å². The van der Waals surface area contributed by atoms with E-state index in [4.69, 9.17) is 4.74 Å². The zero-order valence-corrected chi connectivity index (χ0v) is 17.0. The molecule has 0 radical (unpaired) electrons. The van der Waals surface area contributed by atoms with Gasteiger partial charge < -0.3 is 20.7 Å². The lowest BCUT2D eigenvalue weighted by molar-refractivity contribution is -0.123. The van der Waals surface area contributed by atoms with Gasteiger partial charge in [-0.3, -0.25) is 19.4 Å². The molecule has 2 amide bonds. The van der Waals surface area contributed by atoms with E-state index in [1.54, 1.807) is 30.3 Å². The summed E-state index contributed by atoms with van der Waals surface area (Å²) in [7, 11) is 1.53. The van der Waals surface area contributed by atoms with Gasteiger partial charge in [-0.05, 0) is 30.7 Å². The first kappa shape index (κ1) is 20.1. The predicted octanol–water partition coefficient (Wildman–Crippen LogP) is 2.90. The number of methoxy groups -OCH3 is 1. The topological polar surface area (TPSA) is 125 Å². The molecule has 1 atom stereocenters. The van der Waals surface area contributed by atoms with Crippen LogP contribution < -0.4 is 26.2 Å². The number of para-hydroxylation sites is 3. The number of hydrogen-bond donors (Lipinski definition) is 4. The first-order valence-corrected chi connectivity index (χ1v) is 9.67. The van der Waals surface area contributed by atoms with E-state index in [2.05, 4.69) is 25.9 Å². The van der Waals surface area contributed by atoms with Crippen molar-refractivity contribution in [3.8, 4) is 5.75 Å². The largest absolute Gasteiger partial charge is 0.495 e. The minimum absolute atomic E-state index is 0.0577. The molecule has 1 unspecified atom stereocenters. The summed E-state index contributed by atoms with van der Waals surface area (Å²) in [5.41, 5.74) is 1.70. The van der Waals surface area contributed by atoms with Crippen molar-refractivity contribution in [1.82, 2.24) is 9.97 Å². The number of amides is 2. The van der Waals surface area contributed by atoms with Crippen LogP contribution in [0.2, 0.25) is 0 Å². The number of carbonyl (C=O) groups is 2. The Morgan fingerprint density at radius 1 is 1.10 bits per heavy atom. The molecule has 4 rings (SSSR count). The van der Waals surface area contributed by atoms with Crippen LogP contribution >= 0.6 is 0 Å². The second-order valence-corrected chi connectivity index (χ2v) is 7.11. The summed E-state index contributed by atoms with van der Waals surface area (Å²) in [6, 6.07) is 14.4. The summed E-state index contributed by atoms with van der Waals surface area (Å²) in [6.45, 7) is 1.86. The van der Waals surface area contributed by atoms with Gasteiger partial charge in [-0.1, -0.05) is 30.3 Å². The van der Waals surface area contributed by atoms with E-state index >= 15 is 0 Å². The second kappa shape index (κ2) is 8.31. The molecule has 31 heavy (non-hydrogen) atoms. The van der Waals surface area contributed by atoms with Crippen LogP contribution in [0.3, 0.4) is 0 Å². The maximum Gasteiger partial charge on any atom is 0.258 e. The Balaban J connectivity index is 1.66. The third kappa shape index (κ3) is 4.11. The van der Waals surface area contributed by atoms with E-state index in [1.165, 1.54) is 7.11 Å². The van der Waals surface area contributed by atoms with Gasteiger partial charge in [0, 0.05) is 12.1 Å².